The summed E-state index contributed by atoms with van der Waals surface area (Å²) < 4.78 is 7.99. The van der Waals surface area contributed by atoms with E-state index in [0.29, 0.717) is 5.82 Å². The fraction of sp³-hybridized carbons (Fsp3) is 0.267. The molecule has 6 nitrogen and oxygen atoms in total. The molecule has 0 aliphatic rings. The smallest absolute Gasteiger partial charge is 0.174 e. The second-order valence-electron chi connectivity index (χ2n) is 4.98. The van der Waals surface area contributed by atoms with Gasteiger partial charge in [-0.15, -0.1) is 0 Å². The van der Waals surface area contributed by atoms with Crippen LogP contribution in [0, 0.1) is 13.8 Å². The normalized spacial score (nSPS) is 10.9. The summed E-state index contributed by atoms with van der Waals surface area (Å²) in [6, 6.07) is 5.85. The number of aryl methyl sites for hydroxylation is 2. The molecule has 114 valence electrons. The second-order valence-corrected chi connectivity index (χ2v) is 5.77. The van der Waals surface area contributed by atoms with Crippen molar-refractivity contribution in [1.82, 2.24) is 19.7 Å². The second kappa shape index (κ2) is 6.31. The van der Waals surface area contributed by atoms with Gasteiger partial charge in [0.2, 0.25) is 0 Å². The molecular weight excluding hydrogens is 346 g/mol. The lowest BCUT2D eigenvalue weighted by atomic mass is 10.3. The highest BCUT2D eigenvalue weighted by Crippen LogP contribution is 2.15. The molecule has 22 heavy (non-hydrogen) atoms. The van der Waals surface area contributed by atoms with Gasteiger partial charge in [0.15, 0.2) is 10.5 Å². The number of furan rings is 1. The van der Waals surface area contributed by atoms with Gasteiger partial charge >= 0.3 is 0 Å². The van der Waals surface area contributed by atoms with Crippen molar-refractivity contribution in [3.8, 4) is 5.82 Å². The standard InChI is InChI=1S/C15H16BrN5O/c1-10-7-11(2)21(20-10)15-9-17-8-14(19-15)18-6-5-12-3-4-13(16)22-12/h3-4,7-9H,5-6H2,1-2H3,(H,18,19). The maximum atomic E-state index is 5.46. The van der Waals surface area contributed by atoms with E-state index in [-0.39, 0.29) is 0 Å². The van der Waals surface area contributed by atoms with Gasteiger partial charge in [0.05, 0.1) is 18.1 Å². The summed E-state index contributed by atoms with van der Waals surface area (Å²) in [5, 5.41) is 7.67. The van der Waals surface area contributed by atoms with Crippen LogP contribution in [0.4, 0.5) is 5.82 Å². The molecule has 0 unspecified atom stereocenters. The lowest BCUT2D eigenvalue weighted by Crippen LogP contribution is -2.09. The zero-order chi connectivity index (χ0) is 15.5. The van der Waals surface area contributed by atoms with Crippen molar-refractivity contribution in [3.05, 3.63) is 52.4 Å². The summed E-state index contributed by atoms with van der Waals surface area (Å²) >= 11 is 3.29. The van der Waals surface area contributed by atoms with Crippen LogP contribution < -0.4 is 5.32 Å². The van der Waals surface area contributed by atoms with Crippen LogP contribution in [-0.2, 0) is 6.42 Å². The highest BCUT2D eigenvalue weighted by atomic mass is 79.9. The molecule has 0 spiro atoms. The number of halogens is 1. The molecule has 0 amide bonds. The quantitative estimate of drug-likeness (QED) is 0.754. The van der Waals surface area contributed by atoms with Gasteiger partial charge < -0.3 is 9.73 Å². The van der Waals surface area contributed by atoms with Crippen LogP contribution in [0.2, 0.25) is 0 Å². The van der Waals surface area contributed by atoms with Gasteiger partial charge in [0.1, 0.15) is 11.6 Å². The molecule has 0 saturated heterocycles. The number of aromatic nitrogens is 4. The van der Waals surface area contributed by atoms with Crippen LogP contribution in [0.1, 0.15) is 17.1 Å². The van der Waals surface area contributed by atoms with Crippen molar-refractivity contribution in [2.75, 3.05) is 11.9 Å². The summed E-state index contributed by atoms with van der Waals surface area (Å²) in [5.41, 5.74) is 1.99. The van der Waals surface area contributed by atoms with Gasteiger partial charge in [0.25, 0.3) is 0 Å². The molecule has 0 bridgehead atoms. The molecule has 0 atom stereocenters. The van der Waals surface area contributed by atoms with Gasteiger partial charge in [0, 0.05) is 18.7 Å². The Balaban J connectivity index is 1.67. The summed E-state index contributed by atoms with van der Waals surface area (Å²) in [7, 11) is 0. The topological polar surface area (TPSA) is 68.8 Å². The first-order chi connectivity index (χ1) is 10.6. The largest absolute Gasteiger partial charge is 0.454 e. The maximum Gasteiger partial charge on any atom is 0.174 e. The van der Waals surface area contributed by atoms with Crippen LogP contribution in [0.3, 0.4) is 0 Å². The fourth-order valence-electron chi connectivity index (χ4n) is 2.20. The van der Waals surface area contributed by atoms with E-state index in [2.05, 4.69) is 36.3 Å². The van der Waals surface area contributed by atoms with Crippen LogP contribution >= 0.6 is 15.9 Å². The van der Waals surface area contributed by atoms with Crippen LogP contribution in [0.5, 0.6) is 0 Å². The van der Waals surface area contributed by atoms with Crippen molar-refractivity contribution < 1.29 is 4.42 Å². The van der Waals surface area contributed by atoms with E-state index in [1.165, 1.54) is 0 Å². The molecule has 3 aromatic heterocycles. The molecule has 0 fully saturated rings. The summed E-state index contributed by atoms with van der Waals surface area (Å²) in [6.07, 6.45) is 4.18. The molecular formula is C15H16BrN5O. The van der Waals surface area contributed by atoms with Crippen LogP contribution in [0.15, 0.2) is 39.7 Å². The molecule has 3 rings (SSSR count). The predicted octanol–water partition coefficient (Wildman–Crippen LogP) is 3.29. The lowest BCUT2D eigenvalue weighted by molar-refractivity contribution is 0.491. The van der Waals surface area contributed by atoms with E-state index in [4.69, 9.17) is 4.42 Å². The summed E-state index contributed by atoms with van der Waals surface area (Å²) in [5.74, 6) is 2.34. The molecule has 3 heterocycles. The van der Waals surface area contributed by atoms with E-state index in [9.17, 15) is 0 Å². The molecule has 3 aromatic rings. The summed E-state index contributed by atoms with van der Waals surface area (Å²) in [6.45, 7) is 4.67. The third-order valence-corrected chi connectivity index (χ3v) is 3.58. The molecule has 0 aromatic carbocycles. The van der Waals surface area contributed by atoms with E-state index >= 15 is 0 Å². The molecule has 1 N–H and O–H groups in total. The third-order valence-electron chi connectivity index (χ3n) is 3.15. The Hall–Kier alpha value is -2.15. The first-order valence-corrected chi connectivity index (χ1v) is 7.75. The fourth-order valence-corrected chi connectivity index (χ4v) is 2.54. The number of nitrogens with one attached hydrogen (secondary N) is 1. The Morgan fingerprint density at radius 2 is 2.14 bits per heavy atom. The van der Waals surface area contributed by atoms with E-state index < -0.39 is 0 Å². The lowest BCUT2D eigenvalue weighted by Gasteiger charge is -2.07. The first-order valence-electron chi connectivity index (χ1n) is 6.95. The van der Waals surface area contributed by atoms with Crippen molar-refractivity contribution in [2.45, 2.75) is 20.3 Å². The maximum absolute atomic E-state index is 5.46. The molecule has 0 saturated carbocycles. The highest BCUT2D eigenvalue weighted by Gasteiger charge is 2.06. The van der Waals surface area contributed by atoms with E-state index in [0.717, 1.165) is 40.6 Å². The van der Waals surface area contributed by atoms with Crippen molar-refractivity contribution in [2.24, 2.45) is 0 Å². The average molecular weight is 362 g/mol. The van der Waals surface area contributed by atoms with E-state index in [1.54, 1.807) is 17.1 Å². The average Bonchev–Trinajstić information content (AvgIpc) is 3.05. The molecule has 7 heteroatoms. The number of hydrogen-bond donors (Lipinski definition) is 1. The zero-order valence-corrected chi connectivity index (χ0v) is 14.0. The van der Waals surface area contributed by atoms with Gasteiger partial charge in [-0.05, 0) is 48.0 Å². The SMILES string of the molecule is Cc1cc(C)n(-c2cncc(NCCc3ccc(Br)o3)n2)n1. The minimum absolute atomic E-state index is 0.705. The monoisotopic (exact) mass is 361 g/mol. The minimum atomic E-state index is 0.705. The third kappa shape index (κ3) is 3.36. The molecule has 0 aliphatic heterocycles. The van der Waals surface area contributed by atoms with Gasteiger partial charge in [-0.2, -0.15) is 5.10 Å². The predicted molar refractivity (Wildman–Crippen MR) is 87.2 cm³/mol. The van der Waals surface area contributed by atoms with Crippen LogP contribution in [0.25, 0.3) is 5.82 Å². The number of nitrogens with zero attached hydrogens (tertiary/aromatic N) is 4. The number of hydrogen-bond acceptors (Lipinski definition) is 5. The zero-order valence-electron chi connectivity index (χ0n) is 12.4. The minimum Gasteiger partial charge on any atom is -0.454 e. The van der Waals surface area contributed by atoms with Crippen molar-refractivity contribution in [1.29, 1.82) is 0 Å². The molecule has 0 radical (unpaired) electrons. The summed E-state index contributed by atoms with van der Waals surface area (Å²) in [4.78, 5) is 8.76. The van der Waals surface area contributed by atoms with Gasteiger partial charge in [-0.3, -0.25) is 4.98 Å². The first kappa shape index (κ1) is 14.8. The van der Waals surface area contributed by atoms with E-state index in [1.807, 2.05) is 32.0 Å². The Kier molecular flexibility index (Phi) is 4.24. The Bertz CT molecular complexity index is 780. The number of rotatable bonds is 5. The van der Waals surface area contributed by atoms with Crippen LogP contribution in [-0.4, -0.2) is 26.3 Å². The van der Waals surface area contributed by atoms with Crippen molar-refractivity contribution >= 4 is 21.7 Å². The highest BCUT2D eigenvalue weighted by molar-refractivity contribution is 9.10. The Morgan fingerprint density at radius 3 is 2.82 bits per heavy atom. The van der Waals surface area contributed by atoms with Gasteiger partial charge in [-0.25, -0.2) is 9.67 Å². The Morgan fingerprint density at radius 1 is 1.27 bits per heavy atom. The molecule has 0 aliphatic carbocycles. The van der Waals surface area contributed by atoms with Gasteiger partial charge in [-0.1, -0.05) is 0 Å². The van der Waals surface area contributed by atoms with Crippen molar-refractivity contribution in [3.63, 3.8) is 0 Å². The Labute approximate surface area is 136 Å². The number of anilines is 1.